The lowest BCUT2D eigenvalue weighted by molar-refractivity contribution is -0.0165. The Morgan fingerprint density at radius 2 is 2.19 bits per heavy atom. The molecule has 6 heteroatoms. The largest absolute Gasteiger partial charge is 0.496 e. The highest BCUT2D eigenvalue weighted by atomic mass is 16.5. The first kappa shape index (κ1) is 21.5. The molecule has 3 atom stereocenters. The first-order valence-electron chi connectivity index (χ1n) is 9.99. The number of hydrogen-bond donors (Lipinski definition) is 2. The Bertz CT molecular complexity index is 620. The maximum atomic E-state index is 5.55. The minimum Gasteiger partial charge on any atom is -0.496 e. The maximum absolute atomic E-state index is 5.55. The normalized spacial score (nSPS) is 20.8. The molecule has 1 saturated heterocycles. The molecule has 1 aromatic rings. The molecule has 2 N–H and O–H groups in total. The van der Waals surface area contributed by atoms with Crippen LogP contribution in [0, 0.1) is 6.92 Å². The zero-order valence-electron chi connectivity index (χ0n) is 17.7. The van der Waals surface area contributed by atoms with Crippen LogP contribution in [0.5, 0.6) is 5.75 Å². The second-order valence-electron chi connectivity index (χ2n) is 7.34. The molecular formula is C21H36N4O2. The van der Waals surface area contributed by atoms with E-state index in [9.17, 15) is 0 Å². The van der Waals surface area contributed by atoms with Crippen molar-refractivity contribution in [3.05, 3.63) is 29.3 Å². The molecule has 0 amide bonds. The first-order valence-corrected chi connectivity index (χ1v) is 9.99. The van der Waals surface area contributed by atoms with Gasteiger partial charge in [0.15, 0.2) is 5.96 Å². The van der Waals surface area contributed by atoms with Crippen LogP contribution >= 0.6 is 0 Å². The molecule has 152 valence electrons. The lowest BCUT2D eigenvalue weighted by Gasteiger charge is -2.37. The molecule has 1 aromatic carbocycles. The van der Waals surface area contributed by atoms with E-state index in [4.69, 9.17) is 14.5 Å². The van der Waals surface area contributed by atoms with E-state index < -0.39 is 0 Å². The lowest BCUT2D eigenvalue weighted by Crippen LogP contribution is -2.49. The minimum absolute atomic E-state index is 0.0928. The molecule has 1 heterocycles. The number of methoxy groups -OCH3 is 1. The van der Waals surface area contributed by atoms with Gasteiger partial charge in [0.2, 0.25) is 0 Å². The van der Waals surface area contributed by atoms with Crippen LogP contribution in [0.25, 0.3) is 0 Å². The van der Waals surface area contributed by atoms with Crippen LogP contribution in [-0.4, -0.2) is 62.9 Å². The molecule has 0 spiro atoms. The summed E-state index contributed by atoms with van der Waals surface area (Å²) >= 11 is 0. The Labute approximate surface area is 164 Å². The summed E-state index contributed by atoms with van der Waals surface area (Å²) in [5.41, 5.74) is 2.36. The summed E-state index contributed by atoms with van der Waals surface area (Å²) in [4.78, 5) is 7.31. The third-order valence-electron chi connectivity index (χ3n) is 5.05. The van der Waals surface area contributed by atoms with E-state index in [1.54, 1.807) is 7.11 Å². The van der Waals surface area contributed by atoms with Gasteiger partial charge in [-0.15, -0.1) is 0 Å². The highest BCUT2D eigenvalue weighted by molar-refractivity contribution is 5.80. The summed E-state index contributed by atoms with van der Waals surface area (Å²) in [6.07, 6.45) is 0. The molecular weight excluding hydrogens is 340 g/mol. The van der Waals surface area contributed by atoms with Gasteiger partial charge in [-0.05, 0) is 40.7 Å². The van der Waals surface area contributed by atoms with Crippen molar-refractivity contribution in [2.24, 2.45) is 4.99 Å². The molecule has 1 aliphatic heterocycles. The molecule has 2 rings (SSSR count). The summed E-state index contributed by atoms with van der Waals surface area (Å²) < 4.78 is 11.1. The first-order chi connectivity index (χ1) is 13.0. The smallest absolute Gasteiger partial charge is 0.191 e. The number of guanidine groups is 1. The number of hydrogen-bond acceptors (Lipinski definition) is 4. The monoisotopic (exact) mass is 376 g/mol. The fourth-order valence-electron chi connectivity index (χ4n) is 3.52. The van der Waals surface area contributed by atoms with Crippen molar-refractivity contribution < 1.29 is 9.47 Å². The number of rotatable bonds is 7. The highest BCUT2D eigenvalue weighted by Gasteiger charge is 2.23. The van der Waals surface area contributed by atoms with Crippen molar-refractivity contribution in [3.8, 4) is 5.75 Å². The highest BCUT2D eigenvalue weighted by Crippen LogP contribution is 2.26. The Hall–Kier alpha value is -1.79. The number of aryl methyl sites for hydroxylation is 1. The summed E-state index contributed by atoms with van der Waals surface area (Å²) in [6.45, 7) is 14.9. The SMILES string of the molecule is CCNC(=NCC(C)N1CCOCC1C)NC(C)c1cc(C)ccc1OC. The Balaban J connectivity index is 2.05. The quantitative estimate of drug-likeness (QED) is 0.566. The number of benzene rings is 1. The van der Waals surface area contributed by atoms with Crippen LogP contribution in [0.1, 0.15) is 44.9 Å². The number of morpholine rings is 1. The molecule has 6 nitrogen and oxygen atoms in total. The van der Waals surface area contributed by atoms with Crippen LogP contribution in [-0.2, 0) is 4.74 Å². The average molecular weight is 377 g/mol. The second kappa shape index (κ2) is 10.5. The fourth-order valence-corrected chi connectivity index (χ4v) is 3.52. The van der Waals surface area contributed by atoms with Gasteiger partial charge in [0, 0.05) is 30.7 Å². The summed E-state index contributed by atoms with van der Waals surface area (Å²) in [5.74, 6) is 1.73. The van der Waals surface area contributed by atoms with Gasteiger partial charge in [0.05, 0.1) is 32.9 Å². The maximum Gasteiger partial charge on any atom is 0.191 e. The van der Waals surface area contributed by atoms with E-state index >= 15 is 0 Å². The Morgan fingerprint density at radius 1 is 1.41 bits per heavy atom. The van der Waals surface area contributed by atoms with Gasteiger partial charge in [-0.25, -0.2) is 0 Å². The number of aliphatic imine (C=N–C) groups is 1. The van der Waals surface area contributed by atoms with E-state index in [-0.39, 0.29) is 6.04 Å². The second-order valence-corrected chi connectivity index (χ2v) is 7.34. The number of nitrogens with one attached hydrogen (secondary N) is 2. The predicted molar refractivity (Wildman–Crippen MR) is 112 cm³/mol. The summed E-state index contributed by atoms with van der Waals surface area (Å²) in [7, 11) is 1.71. The van der Waals surface area contributed by atoms with Crippen molar-refractivity contribution >= 4 is 5.96 Å². The van der Waals surface area contributed by atoms with Crippen molar-refractivity contribution in [1.29, 1.82) is 0 Å². The Kier molecular flexibility index (Phi) is 8.38. The van der Waals surface area contributed by atoms with E-state index in [1.165, 1.54) is 5.56 Å². The van der Waals surface area contributed by atoms with Crippen LogP contribution in [0.15, 0.2) is 23.2 Å². The molecule has 3 unspecified atom stereocenters. The topological polar surface area (TPSA) is 58.1 Å². The average Bonchev–Trinajstić information content (AvgIpc) is 2.66. The molecule has 0 aromatic heterocycles. The van der Waals surface area contributed by atoms with Crippen LogP contribution in [0.4, 0.5) is 0 Å². The fraction of sp³-hybridized carbons (Fsp3) is 0.667. The molecule has 0 aliphatic carbocycles. The lowest BCUT2D eigenvalue weighted by atomic mass is 10.0. The third-order valence-corrected chi connectivity index (χ3v) is 5.05. The molecule has 27 heavy (non-hydrogen) atoms. The summed E-state index contributed by atoms with van der Waals surface area (Å²) in [6, 6.07) is 7.17. The van der Waals surface area contributed by atoms with Crippen LogP contribution < -0.4 is 15.4 Å². The Morgan fingerprint density at radius 3 is 2.85 bits per heavy atom. The van der Waals surface area contributed by atoms with Gasteiger partial charge in [-0.2, -0.15) is 0 Å². The number of nitrogens with zero attached hydrogens (tertiary/aromatic N) is 2. The van der Waals surface area contributed by atoms with Crippen molar-refractivity contribution in [2.45, 2.75) is 52.7 Å². The molecule has 0 radical (unpaired) electrons. The van der Waals surface area contributed by atoms with Crippen LogP contribution in [0.3, 0.4) is 0 Å². The van der Waals surface area contributed by atoms with Crippen molar-refractivity contribution in [1.82, 2.24) is 15.5 Å². The zero-order chi connectivity index (χ0) is 19.8. The van der Waals surface area contributed by atoms with E-state index in [2.05, 4.69) is 62.3 Å². The number of ether oxygens (including phenoxy) is 2. The van der Waals surface area contributed by atoms with E-state index in [1.807, 2.05) is 6.07 Å². The predicted octanol–water partition coefficient (Wildman–Crippen LogP) is 2.73. The van der Waals surface area contributed by atoms with Gasteiger partial charge >= 0.3 is 0 Å². The van der Waals surface area contributed by atoms with E-state index in [0.29, 0.717) is 12.1 Å². The molecule has 0 bridgehead atoms. The standard InChI is InChI=1S/C21H36N4O2/c1-7-22-21(23-13-16(3)25-10-11-27-14-17(25)4)24-18(5)19-12-15(2)8-9-20(19)26-6/h8-9,12,16-18H,7,10-11,13-14H2,1-6H3,(H2,22,23,24). The van der Waals surface area contributed by atoms with Crippen molar-refractivity contribution in [2.75, 3.05) is 40.0 Å². The zero-order valence-corrected chi connectivity index (χ0v) is 17.7. The van der Waals surface area contributed by atoms with Gasteiger partial charge < -0.3 is 20.1 Å². The van der Waals surface area contributed by atoms with Gasteiger partial charge in [-0.3, -0.25) is 9.89 Å². The van der Waals surface area contributed by atoms with Gasteiger partial charge in [0.1, 0.15) is 5.75 Å². The van der Waals surface area contributed by atoms with Gasteiger partial charge in [-0.1, -0.05) is 17.7 Å². The summed E-state index contributed by atoms with van der Waals surface area (Å²) in [5, 5.41) is 6.88. The van der Waals surface area contributed by atoms with Crippen molar-refractivity contribution in [3.63, 3.8) is 0 Å². The molecule has 1 fully saturated rings. The third kappa shape index (κ3) is 6.11. The van der Waals surface area contributed by atoms with Crippen LogP contribution in [0.2, 0.25) is 0 Å². The minimum atomic E-state index is 0.0928. The van der Waals surface area contributed by atoms with Gasteiger partial charge in [0.25, 0.3) is 0 Å². The van der Waals surface area contributed by atoms with E-state index in [0.717, 1.165) is 50.1 Å². The molecule has 0 saturated carbocycles. The molecule has 1 aliphatic rings.